The van der Waals surface area contributed by atoms with E-state index in [1.54, 1.807) is 36.4 Å². The molecule has 0 heterocycles. The first kappa shape index (κ1) is 24.6. The number of rotatable bonds is 8. The summed E-state index contributed by atoms with van der Waals surface area (Å²) in [7, 11) is 1.48. The number of methoxy groups -OCH3 is 1. The number of hydrogen-bond donors (Lipinski definition) is 2. The van der Waals surface area contributed by atoms with Gasteiger partial charge < -0.3 is 19.9 Å². The summed E-state index contributed by atoms with van der Waals surface area (Å²) >= 11 is 12.0. The van der Waals surface area contributed by atoms with Crippen molar-refractivity contribution in [3.8, 4) is 17.6 Å². The highest BCUT2D eigenvalue weighted by atomic mass is 35.5. The summed E-state index contributed by atoms with van der Waals surface area (Å²) < 4.78 is 11.2. The maximum absolute atomic E-state index is 12.5. The smallest absolute Gasteiger partial charge is 0.335 e. The zero-order valence-corrected chi connectivity index (χ0v) is 19.4. The fourth-order valence-corrected chi connectivity index (χ4v) is 3.21. The van der Waals surface area contributed by atoms with Crippen LogP contribution < -0.4 is 14.8 Å². The Labute approximate surface area is 205 Å². The number of nitrogens with zero attached hydrogens (tertiary/aromatic N) is 1. The summed E-state index contributed by atoms with van der Waals surface area (Å²) in [6.45, 7) is 0.231. The fraction of sp³-hybridized carbons (Fsp3) is 0.0800. The third-order valence-corrected chi connectivity index (χ3v) is 5.37. The Morgan fingerprint density at radius 1 is 1.03 bits per heavy atom. The fourth-order valence-electron chi connectivity index (χ4n) is 2.89. The second-order valence-corrected chi connectivity index (χ2v) is 7.77. The van der Waals surface area contributed by atoms with Gasteiger partial charge >= 0.3 is 5.97 Å². The van der Waals surface area contributed by atoms with Crippen LogP contribution in [0.2, 0.25) is 10.0 Å². The van der Waals surface area contributed by atoms with Gasteiger partial charge in [0, 0.05) is 5.69 Å². The van der Waals surface area contributed by atoms with Crippen molar-refractivity contribution in [2.45, 2.75) is 6.61 Å². The number of nitrogens with one attached hydrogen (secondary N) is 1. The lowest BCUT2D eigenvalue weighted by molar-refractivity contribution is -0.112. The minimum Gasteiger partial charge on any atom is -0.493 e. The molecule has 0 aromatic heterocycles. The molecule has 0 spiro atoms. The van der Waals surface area contributed by atoms with Crippen LogP contribution >= 0.6 is 23.2 Å². The maximum atomic E-state index is 12.5. The molecule has 0 bridgehead atoms. The van der Waals surface area contributed by atoms with Crippen molar-refractivity contribution >= 4 is 46.8 Å². The molecule has 34 heavy (non-hydrogen) atoms. The van der Waals surface area contributed by atoms with Crippen molar-refractivity contribution in [2.75, 3.05) is 12.4 Å². The van der Waals surface area contributed by atoms with Crippen LogP contribution in [0.3, 0.4) is 0 Å². The Kier molecular flexibility index (Phi) is 8.14. The predicted molar refractivity (Wildman–Crippen MR) is 129 cm³/mol. The number of anilines is 1. The highest BCUT2D eigenvalue weighted by molar-refractivity contribution is 6.42. The third-order valence-electron chi connectivity index (χ3n) is 4.63. The van der Waals surface area contributed by atoms with Gasteiger partial charge in [-0.1, -0.05) is 35.3 Å². The van der Waals surface area contributed by atoms with Gasteiger partial charge in [0.15, 0.2) is 11.5 Å². The van der Waals surface area contributed by atoms with E-state index in [0.717, 1.165) is 5.56 Å². The second kappa shape index (κ2) is 11.2. The van der Waals surface area contributed by atoms with E-state index in [4.69, 9.17) is 37.8 Å². The van der Waals surface area contributed by atoms with Crippen molar-refractivity contribution in [2.24, 2.45) is 0 Å². The van der Waals surface area contributed by atoms with Gasteiger partial charge in [0.25, 0.3) is 5.91 Å². The molecule has 3 aromatic carbocycles. The van der Waals surface area contributed by atoms with Gasteiger partial charge in [-0.2, -0.15) is 5.26 Å². The van der Waals surface area contributed by atoms with E-state index in [0.29, 0.717) is 32.8 Å². The molecule has 0 unspecified atom stereocenters. The van der Waals surface area contributed by atoms with Gasteiger partial charge in [0.05, 0.1) is 22.7 Å². The molecule has 7 nitrogen and oxygen atoms in total. The van der Waals surface area contributed by atoms with Crippen molar-refractivity contribution in [3.63, 3.8) is 0 Å². The second-order valence-electron chi connectivity index (χ2n) is 6.95. The Morgan fingerprint density at radius 2 is 1.76 bits per heavy atom. The average molecular weight is 497 g/mol. The molecule has 0 saturated heterocycles. The van der Waals surface area contributed by atoms with Gasteiger partial charge in [-0.25, -0.2) is 4.79 Å². The zero-order valence-electron chi connectivity index (χ0n) is 17.8. The van der Waals surface area contributed by atoms with Gasteiger partial charge in [-0.05, 0) is 65.7 Å². The molecular formula is C25H18Cl2N2O5. The van der Waals surface area contributed by atoms with Crippen LogP contribution in [0.5, 0.6) is 11.5 Å². The number of nitriles is 1. The number of carbonyl (C=O) groups excluding carboxylic acids is 1. The number of carboxylic acid groups (broad SMARTS) is 1. The Bertz CT molecular complexity index is 1300. The molecule has 0 aliphatic heterocycles. The molecule has 172 valence electrons. The molecule has 1 amide bonds. The molecule has 0 radical (unpaired) electrons. The number of amides is 1. The number of carbonyl (C=O) groups is 2. The Hall–Kier alpha value is -3.99. The summed E-state index contributed by atoms with van der Waals surface area (Å²) in [5.41, 5.74) is 1.67. The molecule has 0 aliphatic carbocycles. The average Bonchev–Trinajstić information content (AvgIpc) is 2.83. The summed E-state index contributed by atoms with van der Waals surface area (Å²) in [4.78, 5) is 23.4. The van der Waals surface area contributed by atoms with Crippen LogP contribution in [-0.4, -0.2) is 24.1 Å². The standard InChI is InChI=1S/C25H18Cl2N2O5/c1-33-23-12-15(3-9-22(23)34-14-16-2-8-20(26)21(27)11-16)10-18(13-28)24(30)29-19-6-4-17(5-7-19)25(31)32/h2-12H,14H2,1H3,(H,29,30)(H,31,32)/b18-10+. The molecular weight excluding hydrogens is 479 g/mol. The lowest BCUT2D eigenvalue weighted by Crippen LogP contribution is -2.13. The summed E-state index contributed by atoms with van der Waals surface area (Å²) in [6.07, 6.45) is 1.41. The van der Waals surface area contributed by atoms with E-state index in [9.17, 15) is 14.9 Å². The van der Waals surface area contributed by atoms with Gasteiger partial charge in [0.2, 0.25) is 0 Å². The number of halogens is 2. The minimum atomic E-state index is -1.08. The molecule has 3 rings (SSSR count). The number of ether oxygens (including phenoxy) is 2. The van der Waals surface area contributed by atoms with E-state index in [1.807, 2.05) is 6.07 Å². The van der Waals surface area contributed by atoms with E-state index in [2.05, 4.69) is 5.32 Å². The molecule has 0 atom stereocenters. The minimum absolute atomic E-state index is 0.0858. The van der Waals surface area contributed by atoms with E-state index in [-0.39, 0.29) is 17.7 Å². The lowest BCUT2D eigenvalue weighted by Gasteiger charge is -2.12. The van der Waals surface area contributed by atoms with E-state index in [1.165, 1.54) is 37.5 Å². The van der Waals surface area contributed by atoms with Gasteiger partial charge in [-0.15, -0.1) is 0 Å². The topological polar surface area (TPSA) is 109 Å². The zero-order chi connectivity index (χ0) is 24.7. The largest absolute Gasteiger partial charge is 0.493 e. The summed E-state index contributed by atoms with van der Waals surface area (Å²) in [5.74, 6) is -0.832. The molecule has 0 saturated carbocycles. The number of benzene rings is 3. The normalized spacial score (nSPS) is 10.8. The SMILES string of the molecule is COc1cc(/C=C(\C#N)C(=O)Nc2ccc(C(=O)O)cc2)ccc1OCc1ccc(Cl)c(Cl)c1. The van der Waals surface area contributed by atoms with Crippen LogP contribution in [-0.2, 0) is 11.4 Å². The molecule has 2 N–H and O–H groups in total. The highest BCUT2D eigenvalue weighted by Gasteiger charge is 2.12. The summed E-state index contributed by atoms with van der Waals surface area (Å²) in [5, 5.41) is 21.9. The van der Waals surface area contributed by atoms with Gasteiger partial charge in [0.1, 0.15) is 18.2 Å². The van der Waals surface area contributed by atoms with E-state index >= 15 is 0 Å². The number of carboxylic acids is 1. The number of hydrogen-bond acceptors (Lipinski definition) is 5. The van der Waals surface area contributed by atoms with Crippen molar-refractivity contribution in [1.82, 2.24) is 0 Å². The Balaban J connectivity index is 1.73. The monoisotopic (exact) mass is 496 g/mol. The first-order valence-electron chi connectivity index (χ1n) is 9.82. The first-order chi connectivity index (χ1) is 16.3. The van der Waals surface area contributed by atoms with Crippen LogP contribution in [0, 0.1) is 11.3 Å². The Morgan fingerprint density at radius 3 is 2.38 bits per heavy atom. The summed E-state index contributed by atoms with van der Waals surface area (Å²) in [6, 6.07) is 17.6. The van der Waals surface area contributed by atoms with Crippen molar-refractivity contribution in [3.05, 3.63) is 93.0 Å². The third kappa shape index (κ3) is 6.29. The van der Waals surface area contributed by atoms with Crippen LogP contribution in [0.1, 0.15) is 21.5 Å². The quantitative estimate of drug-likeness (QED) is 0.300. The van der Waals surface area contributed by atoms with Crippen molar-refractivity contribution < 1.29 is 24.2 Å². The predicted octanol–water partition coefficient (Wildman–Crippen LogP) is 5.82. The van der Waals surface area contributed by atoms with E-state index < -0.39 is 11.9 Å². The molecule has 0 fully saturated rings. The molecule has 0 aliphatic rings. The van der Waals surface area contributed by atoms with Gasteiger partial charge in [-0.3, -0.25) is 4.79 Å². The van der Waals surface area contributed by atoms with Crippen LogP contribution in [0.15, 0.2) is 66.2 Å². The molecule has 9 heteroatoms. The van der Waals surface area contributed by atoms with Crippen LogP contribution in [0.25, 0.3) is 6.08 Å². The molecule has 3 aromatic rings. The lowest BCUT2D eigenvalue weighted by atomic mass is 10.1. The maximum Gasteiger partial charge on any atom is 0.335 e. The van der Waals surface area contributed by atoms with Crippen LogP contribution in [0.4, 0.5) is 5.69 Å². The van der Waals surface area contributed by atoms with Crippen molar-refractivity contribution in [1.29, 1.82) is 5.26 Å². The first-order valence-corrected chi connectivity index (χ1v) is 10.6. The number of aromatic carboxylic acids is 1. The highest BCUT2D eigenvalue weighted by Crippen LogP contribution is 2.30.